The van der Waals surface area contributed by atoms with Gasteiger partial charge < -0.3 is 4.98 Å². The fraction of sp³-hybridized carbons (Fsp3) is 0.300. The molecule has 1 saturated heterocycles. The SMILES string of the molecule is Cc1cc(S(=O)(=O)N2CCC(c3cc4ccccc4[nH]3)CC2)ccc1Cl. The molecule has 0 aliphatic carbocycles. The molecule has 1 aliphatic heterocycles. The second-order valence-electron chi connectivity index (χ2n) is 6.90. The van der Waals surface area contributed by atoms with Gasteiger partial charge in [-0.15, -0.1) is 0 Å². The standard InChI is InChI=1S/C20H21ClN2O2S/c1-14-12-17(6-7-18(14)21)26(24,25)23-10-8-15(9-11-23)20-13-16-4-2-3-5-19(16)22-20/h2-7,12-13,15,22H,8-11H2,1H3. The molecule has 26 heavy (non-hydrogen) atoms. The second-order valence-corrected chi connectivity index (χ2v) is 9.25. The highest BCUT2D eigenvalue weighted by atomic mass is 35.5. The minimum atomic E-state index is -3.47. The van der Waals surface area contributed by atoms with Gasteiger partial charge in [0.15, 0.2) is 0 Å². The van der Waals surface area contributed by atoms with E-state index in [0.717, 1.165) is 23.9 Å². The number of hydrogen-bond acceptors (Lipinski definition) is 2. The van der Waals surface area contributed by atoms with E-state index in [1.807, 2.05) is 19.1 Å². The third-order valence-electron chi connectivity index (χ3n) is 5.21. The summed E-state index contributed by atoms with van der Waals surface area (Å²) in [6.45, 7) is 2.89. The summed E-state index contributed by atoms with van der Waals surface area (Å²) in [6, 6.07) is 15.3. The number of nitrogens with zero attached hydrogens (tertiary/aromatic N) is 1. The van der Waals surface area contributed by atoms with E-state index in [2.05, 4.69) is 23.2 Å². The highest BCUT2D eigenvalue weighted by Gasteiger charge is 2.30. The lowest BCUT2D eigenvalue weighted by Crippen LogP contribution is -2.38. The topological polar surface area (TPSA) is 53.2 Å². The van der Waals surface area contributed by atoms with Crippen molar-refractivity contribution >= 4 is 32.5 Å². The zero-order chi connectivity index (χ0) is 18.3. The summed E-state index contributed by atoms with van der Waals surface area (Å²) in [5.74, 6) is 0.362. The molecule has 136 valence electrons. The number of piperidine rings is 1. The molecule has 1 aromatic heterocycles. The summed E-state index contributed by atoms with van der Waals surface area (Å²) < 4.78 is 27.4. The normalized spacial score (nSPS) is 17.0. The molecule has 6 heteroatoms. The quantitative estimate of drug-likeness (QED) is 0.707. The molecule has 1 aliphatic rings. The van der Waals surface area contributed by atoms with Crippen LogP contribution in [0.3, 0.4) is 0 Å². The van der Waals surface area contributed by atoms with E-state index in [1.165, 1.54) is 11.1 Å². The Morgan fingerprint density at radius 2 is 1.81 bits per heavy atom. The first-order valence-electron chi connectivity index (χ1n) is 8.79. The Kier molecular flexibility index (Phi) is 4.55. The summed E-state index contributed by atoms with van der Waals surface area (Å²) in [7, 11) is -3.47. The monoisotopic (exact) mass is 388 g/mol. The van der Waals surface area contributed by atoms with Gasteiger partial charge in [-0.25, -0.2) is 8.42 Å². The number of benzene rings is 2. The Labute approximate surface area is 158 Å². The molecular weight excluding hydrogens is 368 g/mol. The maximum absolute atomic E-state index is 12.9. The number of rotatable bonds is 3. The van der Waals surface area contributed by atoms with Gasteiger partial charge in [-0.05, 0) is 61.0 Å². The van der Waals surface area contributed by atoms with Crippen LogP contribution in [0.15, 0.2) is 53.4 Å². The van der Waals surface area contributed by atoms with Crippen LogP contribution in [0, 0.1) is 6.92 Å². The average molecular weight is 389 g/mol. The summed E-state index contributed by atoms with van der Waals surface area (Å²) in [5.41, 5.74) is 3.11. The molecule has 0 amide bonds. The Morgan fingerprint density at radius 1 is 1.08 bits per heavy atom. The van der Waals surface area contributed by atoms with Crippen molar-refractivity contribution in [2.24, 2.45) is 0 Å². The number of sulfonamides is 1. The van der Waals surface area contributed by atoms with Crippen LogP contribution in [-0.2, 0) is 10.0 Å². The van der Waals surface area contributed by atoms with Crippen molar-refractivity contribution < 1.29 is 8.42 Å². The van der Waals surface area contributed by atoms with Crippen LogP contribution >= 0.6 is 11.6 Å². The lowest BCUT2D eigenvalue weighted by molar-refractivity contribution is 0.317. The van der Waals surface area contributed by atoms with Gasteiger partial charge in [-0.1, -0.05) is 29.8 Å². The molecule has 3 aromatic rings. The minimum absolute atomic E-state index is 0.323. The smallest absolute Gasteiger partial charge is 0.243 e. The maximum Gasteiger partial charge on any atom is 0.243 e. The second kappa shape index (κ2) is 6.72. The van der Waals surface area contributed by atoms with Crippen LogP contribution in [0.2, 0.25) is 5.02 Å². The van der Waals surface area contributed by atoms with E-state index in [4.69, 9.17) is 11.6 Å². The van der Waals surface area contributed by atoms with Crippen LogP contribution in [0.25, 0.3) is 10.9 Å². The number of aryl methyl sites for hydroxylation is 1. The van der Waals surface area contributed by atoms with E-state index in [9.17, 15) is 8.42 Å². The highest BCUT2D eigenvalue weighted by molar-refractivity contribution is 7.89. The molecule has 2 aromatic carbocycles. The summed E-state index contributed by atoms with van der Waals surface area (Å²) in [4.78, 5) is 3.80. The molecule has 4 rings (SSSR count). The van der Waals surface area contributed by atoms with Crippen LogP contribution in [0.1, 0.15) is 30.0 Å². The van der Waals surface area contributed by atoms with Crippen LogP contribution in [0.5, 0.6) is 0 Å². The van der Waals surface area contributed by atoms with Gasteiger partial charge in [0.25, 0.3) is 0 Å². The van der Waals surface area contributed by atoms with Crippen molar-refractivity contribution in [2.45, 2.75) is 30.6 Å². The molecule has 0 bridgehead atoms. The van der Waals surface area contributed by atoms with E-state index in [0.29, 0.717) is 28.9 Å². The Hall–Kier alpha value is -1.82. The number of nitrogens with one attached hydrogen (secondary N) is 1. The van der Waals surface area contributed by atoms with Crippen molar-refractivity contribution in [1.82, 2.24) is 9.29 Å². The number of aromatic amines is 1. The Balaban J connectivity index is 1.51. The zero-order valence-corrected chi connectivity index (χ0v) is 16.1. The highest BCUT2D eigenvalue weighted by Crippen LogP contribution is 2.32. The number of para-hydroxylation sites is 1. The third kappa shape index (κ3) is 3.15. The largest absolute Gasteiger partial charge is 0.358 e. The number of halogens is 1. The Morgan fingerprint density at radius 3 is 2.50 bits per heavy atom. The fourth-order valence-corrected chi connectivity index (χ4v) is 5.32. The van der Waals surface area contributed by atoms with Gasteiger partial charge in [0.05, 0.1) is 4.90 Å². The van der Waals surface area contributed by atoms with Gasteiger partial charge in [0.1, 0.15) is 0 Å². The lowest BCUT2D eigenvalue weighted by Gasteiger charge is -2.31. The molecule has 1 fully saturated rings. The van der Waals surface area contributed by atoms with Crippen molar-refractivity contribution in [2.75, 3.05) is 13.1 Å². The molecule has 4 nitrogen and oxygen atoms in total. The van der Waals surface area contributed by atoms with E-state index < -0.39 is 10.0 Å². The molecular formula is C20H21ClN2O2S. The first kappa shape index (κ1) is 17.6. The van der Waals surface area contributed by atoms with Crippen LogP contribution in [0.4, 0.5) is 0 Å². The van der Waals surface area contributed by atoms with Gasteiger partial charge in [0, 0.05) is 35.2 Å². The third-order valence-corrected chi connectivity index (χ3v) is 7.53. The molecule has 2 heterocycles. The molecule has 0 atom stereocenters. The summed E-state index contributed by atoms with van der Waals surface area (Å²) in [5, 5.41) is 1.79. The molecule has 0 saturated carbocycles. The predicted molar refractivity (Wildman–Crippen MR) is 105 cm³/mol. The zero-order valence-electron chi connectivity index (χ0n) is 14.6. The van der Waals surface area contributed by atoms with Crippen LogP contribution < -0.4 is 0 Å². The predicted octanol–water partition coefficient (Wildman–Crippen LogP) is 4.70. The lowest BCUT2D eigenvalue weighted by atomic mass is 9.95. The van der Waals surface area contributed by atoms with Crippen molar-refractivity contribution in [1.29, 1.82) is 0 Å². The molecule has 0 spiro atoms. The molecule has 0 unspecified atom stereocenters. The maximum atomic E-state index is 12.9. The van der Waals surface area contributed by atoms with Gasteiger partial charge >= 0.3 is 0 Å². The van der Waals surface area contributed by atoms with E-state index in [-0.39, 0.29) is 0 Å². The van der Waals surface area contributed by atoms with Gasteiger partial charge in [0.2, 0.25) is 10.0 Å². The first-order chi connectivity index (χ1) is 12.4. The average Bonchev–Trinajstić information content (AvgIpc) is 3.08. The minimum Gasteiger partial charge on any atom is -0.358 e. The Bertz CT molecular complexity index is 1020. The van der Waals surface area contributed by atoms with E-state index >= 15 is 0 Å². The summed E-state index contributed by atoms with van der Waals surface area (Å²) >= 11 is 6.03. The fourth-order valence-electron chi connectivity index (χ4n) is 3.65. The number of fused-ring (bicyclic) bond motifs is 1. The first-order valence-corrected chi connectivity index (χ1v) is 10.6. The number of H-pyrrole nitrogens is 1. The van der Waals surface area contributed by atoms with Gasteiger partial charge in [-0.3, -0.25) is 0 Å². The molecule has 0 radical (unpaired) electrons. The van der Waals surface area contributed by atoms with Crippen LogP contribution in [-0.4, -0.2) is 30.8 Å². The van der Waals surface area contributed by atoms with E-state index in [1.54, 1.807) is 22.5 Å². The van der Waals surface area contributed by atoms with Crippen molar-refractivity contribution in [3.05, 3.63) is 64.8 Å². The van der Waals surface area contributed by atoms with Gasteiger partial charge in [-0.2, -0.15) is 4.31 Å². The number of aromatic nitrogens is 1. The number of hydrogen-bond donors (Lipinski definition) is 1. The molecule has 1 N–H and O–H groups in total. The summed E-state index contributed by atoms with van der Waals surface area (Å²) in [6.07, 6.45) is 1.64. The van der Waals surface area contributed by atoms with Crippen molar-refractivity contribution in [3.8, 4) is 0 Å². The van der Waals surface area contributed by atoms with Crippen molar-refractivity contribution in [3.63, 3.8) is 0 Å².